The zero-order valence-electron chi connectivity index (χ0n) is 9.94. The molecule has 0 aliphatic rings. The molecule has 2 nitrogen and oxygen atoms in total. The molecule has 0 atom stereocenters. The van der Waals surface area contributed by atoms with E-state index in [0.717, 1.165) is 0 Å². The lowest BCUT2D eigenvalue weighted by Gasteiger charge is -2.02. The molecule has 0 fully saturated rings. The van der Waals surface area contributed by atoms with Crippen molar-refractivity contribution in [1.29, 1.82) is 0 Å². The Kier molecular flexibility index (Phi) is 2.37. The summed E-state index contributed by atoms with van der Waals surface area (Å²) in [5.41, 5.74) is 2.21. The molecule has 0 N–H and O–H groups in total. The van der Waals surface area contributed by atoms with Crippen molar-refractivity contribution < 1.29 is 4.42 Å². The summed E-state index contributed by atoms with van der Waals surface area (Å²) in [4.78, 5) is 12.3. The molecule has 19 heavy (non-hydrogen) atoms. The molecule has 0 radical (unpaired) electrons. The zero-order chi connectivity index (χ0) is 13.4. The fraction of sp³-hybridized carbons (Fsp3) is 0. The molecule has 0 bridgehead atoms. The van der Waals surface area contributed by atoms with Crippen molar-refractivity contribution in [2.75, 3.05) is 0 Å². The molecule has 0 aliphatic heterocycles. The van der Waals surface area contributed by atoms with E-state index in [1.165, 1.54) is 0 Å². The first-order chi connectivity index (χ1) is 9.22. The van der Waals surface area contributed by atoms with E-state index in [1.54, 1.807) is 36.4 Å². The van der Waals surface area contributed by atoms with Crippen LogP contribution in [-0.2, 0) is 0 Å². The summed E-state index contributed by atoms with van der Waals surface area (Å²) in [6.45, 7) is 0. The quantitative estimate of drug-likeness (QED) is 0.449. The first-order valence-electron chi connectivity index (χ1n) is 5.67. The van der Waals surface area contributed by atoms with Gasteiger partial charge in [0, 0.05) is 11.1 Å². The number of hydrogen-bond donors (Lipinski definition) is 0. The van der Waals surface area contributed by atoms with Gasteiger partial charge in [-0.15, -0.1) is 12.8 Å². The SMILES string of the molecule is C#Cc1ccc2c(=O)c3ccc(C#C)cc3oc2c1. The molecule has 0 spiro atoms. The first kappa shape index (κ1) is 11.1. The third kappa shape index (κ3) is 1.68. The monoisotopic (exact) mass is 244 g/mol. The van der Waals surface area contributed by atoms with Crippen LogP contribution < -0.4 is 5.43 Å². The predicted octanol–water partition coefficient (Wildman–Crippen LogP) is 2.91. The minimum absolute atomic E-state index is 0.0802. The molecule has 3 rings (SSSR count). The lowest BCUT2D eigenvalue weighted by Crippen LogP contribution is -2.02. The van der Waals surface area contributed by atoms with Gasteiger partial charge in [0.2, 0.25) is 5.43 Å². The second-order valence-electron chi connectivity index (χ2n) is 4.14. The van der Waals surface area contributed by atoms with Crippen molar-refractivity contribution in [3.63, 3.8) is 0 Å². The van der Waals surface area contributed by atoms with Crippen LogP contribution in [0.15, 0.2) is 45.6 Å². The Hall–Kier alpha value is -2.97. The highest BCUT2D eigenvalue weighted by Crippen LogP contribution is 2.20. The van der Waals surface area contributed by atoms with Gasteiger partial charge >= 0.3 is 0 Å². The summed E-state index contributed by atoms with van der Waals surface area (Å²) in [5.74, 6) is 5.03. The van der Waals surface area contributed by atoms with E-state index in [0.29, 0.717) is 33.1 Å². The van der Waals surface area contributed by atoms with Gasteiger partial charge in [-0.3, -0.25) is 4.79 Å². The Morgan fingerprint density at radius 2 is 1.32 bits per heavy atom. The van der Waals surface area contributed by atoms with Crippen molar-refractivity contribution in [1.82, 2.24) is 0 Å². The molecule has 1 aromatic heterocycles. The summed E-state index contributed by atoms with van der Waals surface area (Å²) in [6.07, 6.45) is 10.7. The molecule has 2 aromatic carbocycles. The standard InChI is InChI=1S/C17H8O2/c1-3-11-5-7-13-15(9-11)19-16-10-12(4-2)6-8-14(16)17(13)18/h1-2,5-10H. The maximum absolute atomic E-state index is 12.3. The van der Waals surface area contributed by atoms with Crippen molar-refractivity contribution in [2.45, 2.75) is 0 Å². The van der Waals surface area contributed by atoms with Crippen LogP contribution in [0.25, 0.3) is 21.9 Å². The molecule has 3 aromatic rings. The van der Waals surface area contributed by atoms with Crippen LogP contribution in [0.1, 0.15) is 11.1 Å². The van der Waals surface area contributed by atoms with Gasteiger partial charge in [-0.25, -0.2) is 0 Å². The number of benzene rings is 2. The molecule has 0 amide bonds. The summed E-state index contributed by atoms with van der Waals surface area (Å²) < 4.78 is 5.72. The highest BCUT2D eigenvalue weighted by molar-refractivity contribution is 5.90. The molecule has 2 heteroatoms. The van der Waals surface area contributed by atoms with Gasteiger partial charge in [0.25, 0.3) is 0 Å². The van der Waals surface area contributed by atoms with Crippen LogP contribution in [-0.4, -0.2) is 0 Å². The maximum Gasteiger partial charge on any atom is 0.200 e. The van der Waals surface area contributed by atoms with Gasteiger partial charge in [-0.05, 0) is 36.4 Å². The van der Waals surface area contributed by atoms with E-state index in [1.807, 2.05) is 0 Å². The van der Waals surface area contributed by atoms with Crippen LogP contribution in [0, 0.1) is 24.7 Å². The third-order valence-electron chi connectivity index (χ3n) is 3.01. The van der Waals surface area contributed by atoms with Crippen LogP contribution in [0.3, 0.4) is 0 Å². The molecule has 0 saturated carbocycles. The molecular weight excluding hydrogens is 236 g/mol. The fourth-order valence-corrected chi connectivity index (χ4v) is 2.03. The summed E-state index contributed by atoms with van der Waals surface area (Å²) in [6, 6.07) is 10.2. The smallest absolute Gasteiger partial charge is 0.200 e. The minimum atomic E-state index is -0.0802. The Balaban J connectivity index is 2.50. The number of rotatable bonds is 0. The van der Waals surface area contributed by atoms with Gasteiger partial charge in [0.15, 0.2) is 0 Å². The van der Waals surface area contributed by atoms with Crippen molar-refractivity contribution in [3.8, 4) is 24.7 Å². The molecular formula is C17H8O2. The highest BCUT2D eigenvalue weighted by Gasteiger charge is 2.08. The molecule has 0 unspecified atom stereocenters. The summed E-state index contributed by atoms with van der Waals surface area (Å²) in [5, 5.41) is 1.03. The second-order valence-corrected chi connectivity index (χ2v) is 4.14. The van der Waals surface area contributed by atoms with E-state index in [4.69, 9.17) is 17.3 Å². The average molecular weight is 244 g/mol. The second kappa shape index (κ2) is 4.05. The van der Waals surface area contributed by atoms with Gasteiger partial charge in [0.1, 0.15) is 11.2 Å². The van der Waals surface area contributed by atoms with Gasteiger partial charge in [0.05, 0.1) is 10.8 Å². The maximum atomic E-state index is 12.3. The van der Waals surface area contributed by atoms with Crippen molar-refractivity contribution in [2.24, 2.45) is 0 Å². The Bertz CT molecular complexity index is 872. The van der Waals surface area contributed by atoms with Crippen molar-refractivity contribution >= 4 is 21.9 Å². The largest absolute Gasteiger partial charge is 0.456 e. The summed E-state index contributed by atoms with van der Waals surface area (Å²) in [7, 11) is 0. The van der Waals surface area contributed by atoms with Crippen LogP contribution in [0.2, 0.25) is 0 Å². The Morgan fingerprint density at radius 1 is 0.842 bits per heavy atom. The van der Waals surface area contributed by atoms with E-state index in [9.17, 15) is 4.79 Å². The van der Waals surface area contributed by atoms with Gasteiger partial charge in [-0.1, -0.05) is 11.8 Å². The molecule has 1 heterocycles. The third-order valence-corrected chi connectivity index (χ3v) is 3.01. The van der Waals surface area contributed by atoms with Gasteiger partial charge in [-0.2, -0.15) is 0 Å². The van der Waals surface area contributed by atoms with Crippen LogP contribution in [0.4, 0.5) is 0 Å². The van der Waals surface area contributed by atoms with E-state index in [2.05, 4.69) is 11.8 Å². The van der Waals surface area contributed by atoms with Crippen molar-refractivity contribution in [3.05, 3.63) is 57.7 Å². The van der Waals surface area contributed by atoms with E-state index in [-0.39, 0.29) is 5.43 Å². The van der Waals surface area contributed by atoms with Crippen LogP contribution in [0.5, 0.6) is 0 Å². The minimum Gasteiger partial charge on any atom is -0.456 e. The van der Waals surface area contributed by atoms with E-state index < -0.39 is 0 Å². The Morgan fingerprint density at radius 3 is 1.74 bits per heavy atom. The molecule has 0 saturated heterocycles. The fourth-order valence-electron chi connectivity index (χ4n) is 2.03. The average Bonchev–Trinajstić information content (AvgIpc) is 2.46. The normalized spacial score (nSPS) is 10.2. The van der Waals surface area contributed by atoms with Gasteiger partial charge < -0.3 is 4.42 Å². The topological polar surface area (TPSA) is 30.2 Å². The van der Waals surface area contributed by atoms with E-state index >= 15 is 0 Å². The lowest BCUT2D eigenvalue weighted by molar-refractivity contribution is 0.659. The Labute approximate surface area is 109 Å². The predicted molar refractivity (Wildman–Crippen MR) is 75.9 cm³/mol. The zero-order valence-corrected chi connectivity index (χ0v) is 9.94. The first-order valence-corrected chi connectivity index (χ1v) is 5.67. The number of fused-ring (bicyclic) bond motifs is 2. The molecule has 88 valence electrons. The summed E-state index contributed by atoms with van der Waals surface area (Å²) >= 11 is 0. The highest BCUT2D eigenvalue weighted by atomic mass is 16.3. The number of terminal acetylenes is 2. The lowest BCUT2D eigenvalue weighted by atomic mass is 10.1. The van der Waals surface area contributed by atoms with Crippen LogP contribution >= 0.6 is 0 Å². The number of hydrogen-bond acceptors (Lipinski definition) is 2. The molecule has 0 aliphatic carbocycles.